The molecular weight excluding hydrogens is 400 g/mol. The zero-order chi connectivity index (χ0) is 22.5. The molecule has 168 valence electrons. The summed E-state index contributed by atoms with van der Waals surface area (Å²) in [6.45, 7) is 8.09. The highest BCUT2D eigenvalue weighted by Gasteiger charge is 2.25. The molecule has 1 aliphatic heterocycles. The second kappa shape index (κ2) is 10.0. The van der Waals surface area contributed by atoms with Gasteiger partial charge in [0.15, 0.2) is 6.10 Å². The summed E-state index contributed by atoms with van der Waals surface area (Å²) < 4.78 is 10.7. The molecule has 1 saturated heterocycles. The van der Waals surface area contributed by atoms with E-state index in [0.717, 1.165) is 19.5 Å². The average Bonchev–Trinajstić information content (AvgIpc) is 3.27. The number of ether oxygens (including phenoxy) is 2. The lowest BCUT2D eigenvalue weighted by Crippen LogP contribution is -2.34. The predicted octanol–water partition coefficient (Wildman–Crippen LogP) is 5.10. The highest BCUT2D eigenvalue weighted by atomic mass is 16.6. The Kier molecular flexibility index (Phi) is 6.96. The molecule has 0 aromatic heterocycles. The van der Waals surface area contributed by atoms with E-state index in [1.807, 2.05) is 12.1 Å². The van der Waals surface area contributed by atoms with Gasteiger partial charge in [0.1, 0.15) is 5.75 Å². The molecule has 0 aliphatic carbocycles. The van der Waals surface area contributed by atoms with Gasteiger partial charge in [-0.25, -0.2) is 4.79 Å². The van der Waals surface area contributed by atoms with E-state index in [-0.39, 0.29) is 12.0 Å². The molecule has 0 unspecified atom stereocenters. The SMILES string of the molecule is CCOC(=O)[C@H](C)Oc1ccc(N2CC[C@H](N[C@H](C)c3cccc4ccccc34)C2)cc1. The van der Waals surface area contributed by atoms with E-state index in [0.29, 0.717) is 18.4 Å². The normalized spacial score (nSPS) is 17.8. The van der Waals surface area contributed by atoms with Gasteiger partial charge >= 0.3 is 5.97 Å². The van der Waals surface area contributed by atoms with Crippen LogP contribution in [0.3, 0.4) is 0 Å². The fourth-order valence-corrected chi connectivity index (χ4v) is 4.45. The summed E-state index contributed by atoms with van der Waals surface area (Å²) >= 11 is 0. The summed E-state index contributed by atoms with van der Waals surface area (Å²) in [5, 5.41) is 6.43. The summed E-state index contributed by atoms with van der Waals surface area (Å²) in [6.07, 6.45) is 0.490. The minimum Gasteiger partial charge on any atom is -0.479 e. The molecule has 0 amide bonds. The van der Waals surface area contributed by atoms with Gasteiger partial charge in [-0.05, 0) is 67.8 Å². The van der Waals surface area contributed by atoms with Crippen LogP contribution in [0.15, 0.2) is 66.7 Å². The number of hydrogen-bond donors (Lipinski definition) is 1. The molecule has 0 spiro atoms. The van der Waals surface area contributed by atoms with E-state index in [1.54, 1.807) is 13.8 Å². The van der Waals surface area contributed by atoms with Crippen molar-refractivity contribution in [2.24, 2.45) is 0 Å². The summed E-state index contributed by atoms with van der Waals surface area (Å²) in [4.78, 5) is 14.2. The van der Waals surface area contributed by atoms with Gasteiger partial charge in [-0.2, -0.15) is 0 Å². The van der Waals surface area contributed by atoms with Crippen LogP contribution < -0.4 is 15.0 Å². The third-order valence-corrected chi connectivity index (χ3v) is 6.10. The van der Waals surface area contributed by atoms with Crippen LogP contribution in [-0.2, 0) is 9.53 Å². The number of anilines is 1. The Bertz CT molecular complexity index is 1040. The smallest absolute Gasteiger partial charge is 0.347 e. The first-order valence-corrected chi connectivity index (χ1v) is 11.5. The quantitative estimate of drug-likeness (QED) is 0.502. The first-order valence-electron chi connectivity index (χ1n) is 11.5. The molecule has 1 N–H and O–H groups in total. The average molecular weight is 433 g/mol. The third-order valence-electron chi connectivity index (χ3n) is 6.10. The molecule has 3 aromatic carbocycles. The number of carbonyl (C=O) groups excluding carboxylic acids is 1. The second-order valence-electron chi connectivity index (χ2n) is 8.39. The van der Waals surface area contributed by atoms with Crippen molar-refractivity contribution in [3.63, 3.8) is 0 Å². The lowest BCUT2D eigenvalue weighted by molar-refractivity contribution is -0.150. The first kappa shape index (κ1) is 22.2. The van der Waals surface area contributed by atoms with E-state index >= 15 is 0 Å². The number of rotatable bonds is 8. The van der Waals surface area contributed by atoms with Crippen LogP contribution in [0, 0.1) is 0 Å². The van der Waals surface area contributed by atoms with Crippen LogP contribution in [-0.4, -0.2) is 37.8 Å². The van der Waals surface area contributed by atoms with Gasteiger partial charge in [-0.15, -0.1) is 0 Å². The van der Waals surface area contributed by atoms with Crippen molar-refractivity contribution in [3.05, 3.63) is 72.3 Å². The Morgan fingerprint density at radius 1 is 1.06 bits per heavy atom. The molecular formula is C27H32N2O3. The molecule has 32 heavy (non-hydrogen) atoms. The number of nitrogens with one attached hydrogen (secondary N) is 1. The fourth-order valence-electron chi connectivity index (χ4n) is 4.45. The fraction of sp³-hybridized carbons (Fsp3) is 0.370. The number of esters is 1. The summed E-state index contributed by atoms with van der Waals surface area (Å²) in [5.41, 5.74) is 2.52. The van der Waals surface area contributed by atoms with Gasteiger partial charge in [0, 0.05) is 30.9 Å². The Hall–Kier alpha value is -3.05. The molecule has 3 aromatic rings. The maximum absolute atomic E-state index is 11.8. The topological polar surface area (TPSA) is 50.8 Å². The minimum absolute atomic E-state index is 0.284. The standard InChI is InChI=1S/C27H32N2O3/c1-4-31-27(30)20(3)32-24-14-12-23(13-15-24)29-17-16-22(18-29)28-19(2)25-11-7-9-21-8-5-6-10-26(21)25/h5-15,19-20,22,28H,4,16-18H2,1-3H3/t19-,20+,22+/m1/s1. The molecule has 0 bridgehead atoms. The van der Waals surface area contributed by atoms with Gasteiger partial charge < -0.3 is 19.7 Å². The van der Waals surface area contributed by atoms with Gasteiger partial charge in [0.25, 0.3) is 0 Å². The van der Waals surface area contributed by atoms with Crippen molar-refractivity contribution in [3.8, 4) is 5.75 Å². The predicted molar refractivity (Wildman–Crippen MR) is 129 cm³/mol. The zero-order valence-electron chi connectivity index (χ0n) is 19.1. The highest BCUT2D eigenvalue weighted by molar-refractivity contribution is 5.86. The maximum Gasteiger partial charge on any atom is 0.347 e. The molecule has 1 aliphatic rings. The molecule has 1 fully saturated rings. The minimum atomic E-state index is -0.614. The first-order chi connectivity index (χ1) is 15.5. The van der Waals surface area contributed by atoms with Crippen molar-refractivity contribution in [2.75, 3.05) is 24.6 Å². The molecule has 5 nitrogen and oxygen atoms in total. The van der Waals surface area contributed by atoms with Crippen LogP contribution in [0.2, 0.25) is 0 Å². The Balaban J connectivity index is 1.34. The van der Waals surface area contributed by atoms with Crippen molar-refractivity contribution in [1.82, 2.24) is 5.32 Å². The Morgan fingerprint density at radius 2 is 1.81 bits per heavy atom. The maximum atomic E-state index is 11.8. The lowest BCUT2D eigenvalue weighted by atomic mass is 9.99. The van der Waals surface area contributed by atoms with E-state index in [4.69, 9.17) is 9.47 Å². The Morgan fingerprint density at radius 3 is 2.59 bits per heavy atom. The van der Waals surface area contributed by atoms with E-state index in [1.165, 1.54) is 22.0 Å². The number of nitrogens with zero attached hydrogens (tertiary/aromatic N) is 1. The monoisotopic (exact) mass is 432 g/mol. The van der Waals surface area contributed by atoms with Crippen LogP contribution in [0.1, 0.15) is 38.8 Å². The van der Waals surface area contributed by atoms with Gasteiger partial charge in [-0.1, -0.05) is 42.5 Å². The van der Waals surface area contributed by atoms with Crippen LogP contribution >= 0.6 is 0 Å². The molecule has 0 saturated carbocycles. The summed E-state index contributed by atoms with van der Waals surface area (Å²) in [5.74, 6) is 0.332. The van der Waals surface area contributed by atoms with Crippen LogP contribution in [0.4, 0.5) is 5.69 Å². The number of fused-ring (bicyclic) bond motifs is 1. The van der Waals surface area contributed by atoms with Crippen LogP contribution in [0.5, 0.6) is 5.75 Å². The van der Waals surface area contributed by atoms with Crippen molar-refractivity contribution in [2.45, 2.75) is 45.4 Å². The summed E-state index contributed by atoms with van der Waals surface area (Å²) in [7, 11) is 0. The number of benzene rings is 3. The van der Waals surface area contributed by atoms with E-state index in [9.17, 15) is 4.79 Å². The molecule has 1 heterocycles. The number of hydrogen-bond acceptors (Lipinski definition) is 5. The van der Waals surface area contributed by atoms with Crippen molar-refractivity contribution >= 4 is 22.4 Å². The van der Waals surface area contributed by atoms with E-state index < -0.39 is 6.10 Å². The zero-order valence-corrected chi connectivity index (χ0v) is 19.1. The highest BCUT2D eigenvalue weighted by Crippen LogP contribution is 2.27. The second-order valence-corrected chi connectivity index (χ2v) is 8.39. The Labute approximate surface area is 190 Å². The summed E-state index contributed by atoms with van der Waals surface area (Å²) in [6, 6.07) is 23.8. The molecule has 3 atom stereocenters. The van der Waals surface area contributed by atoms with Crippen molar-refractivity contribution in [1.29, 1.82) is 0 Å². The largest absolute Gasteiger partial charge is 0.479 e. The van der Waals surface area contributed by atoms with E-state index in [2.05, 4.69) is 71.7 Å². The van der Waals surface area contributed by atoms with Gasteiger partial charge in [0.05, 0.1) is 6.61 Å². The third kappa shape index (κ3) is 5.05. The van der Waals surface area contributed by atoms with Crippen molar-refractivity contribution < 1.29 is 14.3 Å². The van der Waals surface area contributed by atoms with Crippen LogP contribution in [0.25, 0.3) is 10.8 Å². The molecule has 4 rings (SSSR count). The van der Waals surface area contributed by atoms with Gasteiger partial charge in [-0.3, -0.25) is 0 Å². The molecule has 5 heteroatoms. The molecule has 0 radical (unpaired) electrons. The number of carbonyl (C=O) groups is 1. The van der Waals surface area contributed by atoms with Gasteiger partial charge in [0.2, 0.25) is 0 Å². The lowest BCUT2D eigenvalue weighted by Gasteiger charge is -2.23.